The average Bonchev–Trinajstić information content (AvgIpc) is 3.31. The van der Waals surface area contributed by atoms with Crippen molar-refractivity contribution in [2.45, 2.75) is 90.5 Å². The van der Waals surface area contributed by atoms with E-state index < -0.39 is 106 Å². The maximum atomic E-state index is 14.8. The van der Waals surface area contributed by atoms with Crippen LogP contribution in [0.15, 0.2) is 85.0 Å². The van der Waals surface area contributed by atoms with E-state index in [0.29, 0.717) is 0 Å². The lowest BCUT2D eigenvalue weighted by atomic mass is 9.72. The van der Waals surface area contributed by atoms with Gasteiger partial charge in [-0.2, -0.15) is 0 Å². The SMILES string of the molecule is C=C1C(OC(=O)c2ccccc2)C(OC(C)=O)C(=O)C(C)(C)C=CC(C)C(=O)C2(OC(C)=O)CC(C)(O)C(OC(C)=O)C2C1OC(=O)c1ccccc1. The third-order valence-corrected chi connectivity index (χ3v) is 9.35. The Morgan fingerprint density at radius 1 is 0.698 bits per heavy atom. The van der Waals surface area contributed by atoms with Crippen LogP contribution in [-0.2, 0) is 47.7 Å². The van der Waals surface area contributed by atoms with Crippen molar-refractivity contribution in [1.82, 2.24) is 0 Å². The lowest BCUT2D eigenvalue weighted by Gasteiger charge is -2.42. The summed E-state index contributed by atoms with van der Waals surface area (Å²) in [6.07, 6.45) is -5.41. The van der Waals surface area contributed by atoms with E-state index in [1.807, 2.05) is 0 Å². The maximum absolute atomic E-state index is 14.8. The van der Waals surface area contributed by atoms with Gasteiger partial charge in [-0.05, 0) is 45.0 Å². The number of ketones is 2. The third-order valence-electron chi connectivity index (χ3n) is 9.35. The largest absolute Gasteiger partial charge is 0.459 e. The van der Waals surface area contributed by atoms with Crippen LogP contribution in [0.3, 0.4) is 0 Å². The Bertz CT molecular complexity index is 1810. The third kappa shape index (κ3) is 8.62. The summed E-state index contributed by atoms with van der Waals surface area (Å²) in [7, 11) is 0. The molecule has 8 unspecified atom stereocenters. The number of aliphatic hydroxyl groups is 1. The number of rotatable bonds is 7. The fraction of sp³-hybridized carbons (Fsp3) is 0.425. The van der Waals surface area contributed by atoms with E-state index in [1.54, 1.807) is 36.4 Å². The van der Waals surface area contributed by atoms with Crippen LogP contribution < -0.4 is 0 Å². The van der Waals surface area contributed by atoms with Gasteiger partial charge in [-0.25, -0.2) is 9.59 Å². The van der Waals surface area contributed by atoms with Gasteiger partial charge in [0.2, 0.25) is 6.10 Å². The molecule has 53 heavy (non-hydrogen) atoms. The van der Waals surface area contributed by atoms with Crippen LogP contribution in [-0.4, -0.2) is 82.1 Å². The van der Waals surface area contributed by atoms with Crippen molar-refractivity contribution in [2.75, 3.05) is 0 Å². The minimum atomic E-state index is -2.39. The Morgan fingerprint density at radius 2 is 1.19 bits per heavy atom. The number of carbonyl (C=O) groups is 7. The number of benzene rings is 2. The summed E-state index contributed by atoms with van der Waals surface area (Å²) < 4.78 is 29.2. The van der Waals surface area contributed by atoms with Gasteiger partial charge in [-0.1, -0.05) is 62.1 Å². The molecule has 0 aromatic heterocycles. The van der Waals surface area contributed by atoms with Crippen LogP contribution in [0.4, 0.5) is 0 Å². The number of hydrogen-bond donors (Lipinski definition) is 1. The molecule has 8 atom stereocenters. The van der Waals surface area contributed by atoms with E-state index in [1.165, 1.54) is 64.1 Å². The molecule has 2 aromatic rings. The van der Waals surface area contributed by atoms with Gasteiger partial charge in [0.05, 0.1) is 17.0 Å². The highest BCUT2D eigenvalue weighted by Crippen LogP contribution is 2.52. The summed E-state index contributed by atoms with van der Waals surface area (Å²) >= 11 is 0. The van der Waals surface area contributed by atoms with Crippen molar-refractivity contribution in [3.8, 4) is 0 Å². The average molecular weight is 733 g/mol. The highest BCUT2D eigenvalue weighted by molar-refractivity contribution is 5.96. The Labute approximate surface area is 307 Å². The number of carbonyl (C=O) groups excluding carboxylic acids is 7. The van der Waals surface area contributed by atoms with E-state index in [2.05, 4.69) is 6.58 Å². The zero-order valence-electron chi connectivity index (χ0n) is 30.7. The first kappa shape index (κ1) is 40.3. The molecule has 0 saturated heterocycles. The second kappa shape index (κ2) is 15.7. The molecule has 0 aliphatic heterocycles. The van der Waals surface area contributed by atoms with E-state index in [-0.39, 0.29) is 11.1 Å². The molecule has 1 N–H and O–H groups in total. The fourth-order valence-electron chi connectivity index (χ4n) is 6.95. The predicted molar refractivity (Wildman–Crippen MR) is 187 cm³/mol. The molecule has 2 aliphatic rings. The van der Waals surface area contributed by atoms with E-state index >= 15 is 0 Å². The summed E-state index contributed by atoms with van der Waals surface area (Å²) in [5, 5.41) is 11.9. The van der Waals surface area contributed by atoms with Crippen molar-refractivity contribution in [3.63, 3.8) is 0 Å². The molecule has 2 aliphatic carbocycles. The normalized spacial score (nSPS) is 29.8. The van der Waals surface area contributed by atoms with E-state index in [9.17, 15) is 38.7 Å². The molecule has 0 amide bonds. The predicted octanol–water partition coefficient (Wildman–Crippen LogP) is 4.30. The summed E-state index contributed by atoms with van der Waals surface area (Å²) in [5.41, 5.74) is -6.40. The second-order valence-corrected chi connectivity index (χ2v) is 14.2. The molecule has 0 radical (unpaired) electrons. The van der Waals surface area contributed by atoms with E-state index in [0.717, 1.165) is 20.8 Å². The maximum Gasteiger partial charge on any atom is 0.338 e. The molecule has 0 heterocycles. The Balaban J connectivity index is 2.12. The van der Waals surface area contributed by atoms with Crippen molar-refractivity contribution < 1.29 is 62.4 Å². The molecule has 1 saturated carbocycles. The summed E-state index contributed by atoms with van der Waals surface area (Å²) in [4.78, 5) is 95.2. The van der Waals surface area contributed by atoms with Gasteiger partial charge in [0.25, 0.3) is 0 Å². The summed E-state index contributed by atoms with van der Waals surface area (Å²) in [6, 6.07) is 15.2. The first-order chi connectivity index (χ1) is 24.7. The molecule has 13 heteroatoms. The number of esters is 5. The van der Waals surface area contributed by atoms with Gasteiger partial charge in [0.15, 0.2) is 23.3 Å². The molecular formula is C40H44O13. The molecule has 13 nitrogen and oxygen atoms in total. The van der Waals surface area contributed by atoms with Crippen LogP contribution in [0.5, 0.6) is 0 Å². The Morgan fingerprint density at radius 3 is 1.66 bits per heavy atom. The standard InChI is InChI=1S/C40H44O13/c1-22-19-20-38(6,7)34(45)32(49-24(3)41)31(52-37(47)28-17-13-10-14-18-28)23(2)30(51-36(46)27-15-11-9-12-16-27)29-35(50-25(4)42)39(8,48)21-40(29,33(22)44)53-26(5)43/h9-20,22,29-32,35,48H,2,21H2,1,3-8H3. The van der Waals surface area contributed by atoms with Crippen LogP contribution in [0.1, 0.15) is 75.6 Å². The number of Topliss-reactive ketones (excluding diaryl/α,β-unsaturated/α-hetero) is 2. The number of allylic oxidation sites excluding steroid dienone is 2. The van der Waals surface area contributed by atoms with Crippen molar-refractivity contribution in [2.24, 2.45) is 17.3 Å². The monoisotopic (exact) mass is 732 g/mol. The molecule has 0 bridgehead atoms. The quantitative estimate of drug-likeness (QED) is 0.242. The van der Waals surface area contributed by atoms with Crippen LogP contribution >= 0.6 is 0 Å². The number of ether oxygens (including phenoxy) is 5. The molecule has 2 aromatic carbocycles. The van der Waals surface area contributed by atoms with Gasteiger partial charge >= 0.3 is 29.8 Å². The zero-order valence-corrected chi connectivity index (χ0v) is 30.7. The van der Waals surface area contributed by atoms with Crippen molar-refractivity contribution in [1.29, 1.82) is 0 Å². The summed E-state index contributed by atoms with van der Waals surface area (Å²) in [6.45, 7) is 12.9. The van der Waals surface area contributed by atoms with Crippen LogP contribution in [0.25, 0.3) is 0 Å². The van der Waals surface area contributed by atoms with Gasteiger partial charge < -0.3 is 28.8 Å². The van der Waals surface area contributed by atoms with Crippen molar-refractivity contribution >= 4 is 41.4 Å². The number of fused-ring (bicyclic) bond motifs is 1. The highest BCUT2D eigenvalue weighted by atomic mass is 16.6. The number of hydrogen-bond acceptors (Lipinski definition) is 13. The lowest BCUT2D eigenvalue weighted by Crippen LogP contribution is -2.58. The van der Waals surface area contributed by atoms with Crippen LogP contribution in [0.2, 0.25) is 0 Å². The molecule has 0 spiro atoms. The smallest absolute Gasteiger partial charge is 0.338 e. The fourth-order valence-corrected chi connectivity index (χ4v) is 6.95. The van der Waals surface area contributed by atoms with Crippen molar-refractivity contribution in [3.05, 3.63) is 96.1 Å². The molecule has 1 fully saturated rings. The van der Waals surface area contributed by atoms with Crippen LogP contribution in [0, 0.1) is 17.3 Å². The second-order valence-electron chi connectivity index (χ2n) is 14.2. The first-order valence-electron chi connectivity index (χ1n) is 17.0. The molecular weight excluding hydrogens is 688 g/mol. The Kier molecular flexibility index (Phi) is 11.9. The van der Waals surface area contributed by atoms with Gasteiger partial charge in [0.1, 0.15) is 17.8 Å². The highest BCUT2D eigenvalue weighted by Gasteiger charge is 2.70. The molecule has 4 rings (SSSR count). The van der Waals surface area contributed by atoms with Gasteiger partial charge in [-0.15, -0.1) is 0 Å². The minimum Gasteiger partial charge on any atom is -0.459 e. The minimum absolute atomic E-state index is 0.00694. The van der Waals surface area contributed by atoms with Gasteiger partial charge in [-0.3, -0.25) is 24.0 Å². The van der Waals surface area contributed by atoms with Gasteiger partial charge in [0, 0.05) is 44.1 Å². The zero-order chi connectivity index (χ0) is 39.5. The first-order valence-corrected chi connectivity index (χ1v) is 17.0. The molecule has 282 valence electrons. The Hall–Kier alpha value is -5.43. The summed E-state index contributed by atoms with van der Waals surface area (Å²) in [5.74, 6) is -9.33. The van der Waals surface area contributed by atoms with E-state index in [4.69, 9.17) is 23.7 Å². The topological polar surface area (TPSA) is 186 Å². The lowest BCUT2D eigenvalue weighted by molar-refractivity contribution is -0.183.